The Labute approximate surface area is 134 Å². The van der Waals surface area contributed by atoms with Crippen LogP contribution >= 0.6 is 0 Å². The van der Waals surface area contributed by atoms with E-state index in [0.29, 0.717) is 44.5 Å². The van der Waals surface area contributed by atoms with Crippen molar-refractivity contribution in [2.24, 2.45) is 0 Å². The van der Waals surface area contributed by atoms with Crippen LogP contribution in [0.1, 0.15) is 24.8 Å². The molecule has 1 saturated carbocycles. The molecule has 3 fully saturated rings. The van der Waals surface area contributed by atoms with Gasteiger partial charge in [0.1, 0.15) is 5.82 Å². The van der Waals surface area contributed by atoms with Gasteiger partial charge in [-0.15, -0.1) is 0 Å². The molecule has 0 bridgehead atoms. The first kappa shape index (κ1) is 14.5. The molecule has 1 unspecified atom stereocenters. The summed E-state index contributed by atoms with van der Waals surface area (Å²) in [4.78, 5) is 27.9. The first-order valence-corrected chi connectivity index (χ1v) is 7.94. The smallest absolute Gasteiger partial charge is 0.410 e. The third-order valence-electron chi connectivity index (χ3n) is 5.29. The molecule has 1 atom stereocenters. The maximum atomic E-state index is 14.1. The molecule has 2 heterocycles. The first-order chi connectivity index (χ1) is 11.0. The fourth-order valence-electron chi connectivity index (χ4n) is 3.90. The number of likely N-dealkylation sites (tertiary alicyclic amines) is 1. The highest BCUT2D eigenvalue weighted by atomic mass is 19.1. The van der Waals surface area contributed by atoms with E-state index in [0.717, 1.165) is 0 Å². The average molecular weight is 318 g/mol. The van der Waals surface area contributed by atoms with E-state index >= 15 is 0 Å². The molecular formula is C17H19FN2O3. The average Bonchev–Trinajstić information content (AvgIpc) is 3.15. The molecule has 1 spiro atoms. The molecule has 6 heteroatoms. The highest BCUT2D eigenvalue weighted by molar-refractivity contribution is 5.91. The SMILES string of the molecule is CN1CC2(CCN(C(=O)C3(c4ccccc4F)CC3)C2)OC1=O. The number of likely N-dealkylation sites (N-methyl/N-ethyl adjacent to an activating group) is 1. The number of amides is 2. The van der Waals surface area contributed by atoms with Crippen molar-refractivity contribution >= 4 is 12.0 Å². The zero-order chi connectivity index (χ0) is 16.2. The highest BCUT2D eigenvalue weighted by Gasteiger charge is 2.58. The Morgan fingerprint density at radius 1 is 1.22 bits per heavy atom. The molecule has 0 aromatic heterocycles. The third kappa shape index (κ3) is 2.11. The van der Waals surface area contributed by atoms with Gasteiger partial charge in [0.25, 0.3) is 0 Å². The van der Waals surface area contributed by atoms with Crippen molar-refractivity contribution in [3.63, 3.8) is 0 Å². The number of hydrogen-bond acceptors (Lipinski definition) is 3. The van der Waals surface area contributed by atoms with Gasteiger partial charge in [-0.25, -0.2) is 9.18 Å². The van der Waals surface area contributed by atoms with Gasteiger partial charge in [0.05, 0.1) is 18.5 Å². The molecule has 3 aliphatic rings. The lowest BCUT2D eigenvalue weighted by atomic mass is 9.93. The van der Waals surface area contributed by atoms with E-state index < -0.39 is 11.0 Å². The standard InChI is InChI=1S/C17H19FN2O3/c1-19-10-16(23-15(19)22)8-9-20(11-16)14(21)17(6-7-17)12-4-2-3-5-13(12)18/h2-5H,6-11H2,1H3. The third-order valence-corrected chi connectivity index (χ3v) is 5.29. The summed E-state index contributed by atoms with van der Waals surface area (Å²) in [6, 6.07) is 6.51. The van der Waals surface area contributed by atoms with Crippen LogP contribution in [0.25, 0.3) is 0 Å². The predicted molar refractivity (Wildman–Crippen MR) is 80.4 cm³/mol. The van der Waals surface area contributed by atoms with Crippen LogP contribution in [0.2, 0.25) is 0 Å². The lowest BCUT2D eigenvalue weighted by molar-refractivity contribution is -0.133. The van der Waals surface area contributed by atoms with Crippen LogP contribution in [0.3, 0.4) is 0 Å². The Balaban J connectivity index is 1.55. The lowest BCUT2D eigenvalue weighted by Crippen LogP contribution is -2.43. The van der Waals surface area contributed by atoms with Gasteiger partial charge in [-0.3, -0.25) is 4.79 Å². The van der Waals surface area contributed by atoms with E-state index in [1.165, 1.54) is 11.0 Å². The topological polar surface area (TPSA) is 49.9 Å². The summed E-state index contributed by atoms with van der Waals surface area (Å²) in [5, 5.41) is 0. The van der Waals surface area contributed by atoms with Crippen LogP contribution in [-0.2, 0) is 14.9 Å². The Morgan fingerprint density at radius 2 is 1.96 bits per heavy atom. The number of carbonyl (C=O) groups excluding carboxylic acids is 2. The molecule has 1 aliphatic carbocycles. The monoisotopic (exact) mass is 318 g/mol. The van der Waals surface area contributed by atoms with Gasteiger partial charge in [0, 0.05) is 25.6 Å². The zero-order valence-electron chi connectivity index (χ0n) is 13.0. The Kier molecular flexibility index (Phi) is 2.95. The van der Waals surface area contributed by atoms with Crippen LogP contribution in [0.4, 0.5) is 9.18 Å². The highest BCUT2D eigenvalue weighted by Crippen LogP contribution is 2.51. The van der Waals surface area contributed by atoms with E-state index in [2.05, 4.69) is 0 Å². The second-order valence-corrected chi connectivity index (χ2v) is 6.95. The second-order valence-electron chi connectivity index (χ2n) is 6.95. The summed E-state index contributed by atoms with van der Waals surface area (Å²) in [6.07, 6.45) is 1.66. The number of rotatable bonds is 2. The van der Waals surface area contributed by atoms with E-state index in [1.54, 1.807) is 30.1 Å². The van der Waals surface area contributed by atoms with Gasteiger partial charge < -0.3 is 14.5 Å². The zero-order valence-corrected chi connectivity index (χ0v) is 13.0. The number of halogens is 1. The molecule has 1 aromatic rings. The van der Waals surface area contributed by atoms with Crippen molar-refractivity contribution in [1.82, 2.24) is 9.80 Å². The van der Waals surface area contributed by atoms with Gasteiger partial charge in [-0.1, -0.05) is 18.2 Å². The van der Waals surface area contributed by atoms with Crippen LogP contribution < -0.4 is 0 Å². The van der Waals surface area contributed by atoms with Crippen LogP contribution in [0, 0.1) is 5.82 Å². The molecule has 2 saturated heterocycles. The summed E-state index contributed by atoms with van der Waals surface area (Å²) in [5.41, 5.74) is -0.815. The van der Waals surface area contributed by atoms with Gasteiger partial charge in [-0.2, -0.15) is 0 Å². The molecule has 5 nitrogen and oxygen atoms in total. The Hall–Kier alpha value is -2.11. The molecular weight excluding hydrogens is 299 g/mol. The molecule has 122 valence electrons. The van der Waals surface area contributed by atoms with Crippen molar-refractivity contribution in [3.05, 3.63) is 35.6 Å². The minimum atomic E-state index is -0.717. The summed E-state index contributed by atoms with van der Waals surface area (Å²) in [7, 11) is 1.70. The van der Waals surface area contributed by atoms with E-state index in [-0.39, 0.29) is 17.8 Å². The number of carbonyl (C=O) groups is 2. The molecule has 2 aliphatic heterocycles. The maximum Gasteiger partial charge on any atom is 0.410 e. The fraction of sp³-hybridized carbons (Fsp3) is 0.529. The van der Waals surface area contributed by atoms with Gasteiger partial charge in [0.2, 0.25) is 5.91 Å². The summed E-state index contributed by atoms with van der Waals surface area (Å²) >= 11 is 0. The van der Waals surface area contributed by atoms with Crippen molar-refractivity contribution in [2.75, 3.05) is 26.7 Å². The molecule has 0 N–H and O–H groups in total. The summed E-state index contributed by atoms with van der Waals surface area (Å²) in [6.45, 7) is 1.45. The summed E-state index contributed by atoms with van der Waals surface area (Å²) < 4.78 is 19.6. The molecule has 4 rings (SSSR count). The van der Waals surface area contributed by atoms with Crippen LogP contribution in [0.5, 0.6) is 0 Å². The van der Waals surface area contributed by atoms with Crippen molar-refractivity contribution in [1.29, 1.82) is 0 Å². The lowest BCUT2D eigenvalue weighted by Gasteiger charge is -2.25. The van der Waals surface area contributed by atoms with Gasteiger partial charge in [-0.05, 0) is 18.9 Å². The molecule has 0 radical (unpaired) electrons. The molecule has 2 amide bonds. The first-order valence-electron chi connectivity index (χ1n) is 7.94. The van der Waals surface area contributed by atoms with Gasteiger partial charge in [0.15, 0.2) is 5.60 Å². The molecule has 1 aromatic carbocycles. The van der Waals surface area contributed by atoms with Crippen molar-refractivity contribution in [3.8, 4) is 0 Å². The van der Waals surface area contributed by atoms with E-state index in [4.69, 9.17) is 4.74 Å². The Bertz CT molecular complexity index is 688. The fourth-order valence-corrected chi connectivity index (χ4v) is 3.90. The normalized spacial score (nSPS) is 28.3. The van der Waals surface area contributed by atoms with Gasteiger partial charge >= 0.3 is 6.09 Å². The quantitative estimate of drug-likeness (QED) is 0.837. The minimum Gasteiger partial charge on any atom is -0.439 e. The minimum absolute atomic E-state index is 0.0370. The predicted octanol–water partition coefficient (Wildman–Crippen LogP) is 1.91. The van der Waals surface area contributed by atoms with E-state index in [9.17, 15) is 14.0 Å². The number of hydrogen-bond donors (Lipinski definition) is 0. The van der Waals surface area contributed by atoms with Crippen molar-refractivity contribution < 1.29 is 18.7 Å². The molecule has 23 heavy (non-hydrogen) atoms. The maximum absolute atomic E-state index is 14.1. The van der Waals surface area contributed by atoms with Crippen molar-refractivity contribution in [2.45, 2.75) is 30.3 Å². The number of ether oxygens (including phenoxy) is 1. The largest absolute Gasteiger partial charge is 0.439 e. The Morgan fingerprint density at radius 3 is 2.57 bits per heavy atom. The summed E-state index contributed by atoms with van der Waals surface area (Å²) in [5.74, 6) is -0.357. The van der Waals surface area contributed by atoms with Crippen LogP contribution in [0.15, 0.2) is 24.3 Å². The second kappa shape index (κ2) is 4.69. The van der Waals surface area contributed by atoms with Crippen LogP contribution in [-0.4, -0.2) is 54.1 Å². The number of nitrogens with zero attached hydrogens (tertiary/aromatic N) is 2. The van der Waals surface area contributed by atoms with E-state index in [1.807, 2.05) is 0 Å². The number of benzene rings is 1.